The molecule has 0 spiro atoms. The summed E-state index contributed by atoms with van der Waals surface area (Å²) in [5.41, 5.74) is 2.39. The van der Waals surface area contributed by atoms with Gasteiger partial charge in [-0.15, -0.1) is 0 Å². The van der Waals surface area contributed by atoms with E-state index in [1.807, 2.05) is 24.3 Å². The summed E-state index contributed by atoms with van der Waals surface area (Å²) >= 11 is 0. The van der Waals surface area contributed by atoms with Crippen LogP contribution in [0.15, 0.2) is 47.4 Å². The zero-order valence-electron chi connectivity index (χ0n) is 14.7. The number of nitrogens with zero attached hydrogens (tertiary/aromatic N) is 2. The number of pyridine rings is 1. The fraction of sp³-hybridized carbons (Fsp3) is 0.400. The number of aromatic nitrogens is 1. The fourth-order valence-electron chi connectivity index (χ4n) is 3.17. The van der Waals surface area contributed by atoms with E-state index in [-0.39, 0.29) is 11.5 Å². The second-order valence-electron chi connectivity index (χ2n) is 6.51. The van der Waals surface area contributed by atoms with E-state index in [0.717, 1.165) is 31.7 Å². The SMILES string of the molecule is CCc1cccc(NC(=O)c2ccc(=O)n(CCN3CCCC3)c2)c1. The molecule has 1 N–H and O–H groups in total. The van der Waals surface area contributed by atoms with E-state index in [1.54, 1.807) is 16.8 Å². The molecule has 0 bridgehead atoms. The van der Waals surface area contributed by atoms with Crippen molar-refractivity contribution in [2.24, 2.45) is 0 Å². The van der Waals surface area contributed by atoms with Crippen molar-refractivity contribution in [3.63, 3.8) is 0 Å². The summed E-state index contributed by atoms with van der Waals surface area (Å²) in [6.45, 7) is 5.75. The maximum atomic E-state index is 12.5. The second kappa shape index (κ2) is 8.12. The first kappa shape index (κ1) is 17.4. The van der Waals surface area contributed by atoms with Crippen molar-refractivity contribution in [3.8, 4) is 0 Å². The molecule has 0 radical (unpaired) electrons. The number of benzene rings is 1. The standard InChI is InChI=1S/C20H25N3O2/c1-2-16-6-5-7-18(14-16)21-20(25)17-8-9-19(24)23(15-17)13-12-22-10-3-4-11-22/h5-9,14-15H,2-4,10-13H2,1H3,(H,21,25). The third kappa shape index (κ3) is 4.57. The highest BCUT2D eigenvalue weighted by Crippen LogP contribution is 2.12. The van der Waals surface area contributed by atoms with E-state index in [2.05, 4.69) is 17.1 Å². The Morgan fingerprint density at radius 2 is 1.92 bits per heavy atom. The van der Waals surface area contributed by atoms with E-state index in [1.165, 1.54) is 24.5 Å². The monoisotopic (exact) mass is 339 g/mol. The topological polar surface area (TPSA) is 54.3 Å². The molecule has 25 heavy (non-hydrogen) atoms. The van der Waals surface area contributed by atoms with E-state index >= 15 is 0 Å². The third-order valence-corrected chi connectivity index (χ3v) is 4.69. The molecule has 1 amide bonds. The van der Waals surface area contributed by atoms with Crippen LogP contribution in [0.1, 0.15) is 35.7 Å². The fourth-order valence-corrected chi connectivity index (χ4v) is 3.17. The van der Waals surface area contributed by atoms with Gasteiger partial charge in [-0.3, -0.25) is 9.59 Å². The summed E-state index contributed by atoms with van der Waals surface area (Å²) in [6, 6.07) is 10.9. The Balaban J connectivity index is 1.69. The van der Waals surface area contributed by atoms with Crippen LogP contribution in [0.5, 0.6) is 0 Å². The maximum absolute atomic E-state index is 12.5. The maximum Gasteiger partial charge on any atom is 0.257 e. The van der Waals surface area contributed by atoms with Crippen molar-refractivity contribution >= 4 is 11.6 Å². The van der Waals surface area contributed by atoms with Crippen molar-refractivity contribution in [3.05, 3.63) is 64.1 Å². The second-order valence-corrected chi connectivity index (χ2v) is 6.51. The number of rotatable bonds is 6. The van der Waals surface area contributed by atoms with Crippen molar-refractivity contribution in [1.29, 1.82) is 0 Å². The minimum Gasteiger partial charge on any atom is -0.322 e. The molecule has 0 unspecified atom stereocenters. The largest absolute Gasteiger partial charge is 0.322 e. The number of amides is 1. The van der Waals surface area contributed by atoms with Crippen LogP contribution in [0.3, 0.4) is 0 Å². The molecule has 1 saturated heterocycles. The van der Waals surface area contributed by atoms with Gasteiger partial charge in [-0.25, -0.2) is 0 Å². The van der Waals surface area contributed by atoms with E-state index < -0.39 is 0 Å². The summed E-state index contributed by atoms with van der Waals surface area (Å²) in [6.07, 6.45) is 5.05. The zero-order valence-corrected chi connectivity index (χ0v) is 14.7. The Morgan fingerprint density at radius 3 is 2.68 bits per heavy atom. The molecule has 0 aliphatic carbocycles. The highest BCUT2D eigenvalue weighted by atomic mass is 16.2. The lowest BCUT2D eigenvalue weighted by molar-refractivity contribution is 0.102. The van der Waals surface area contributed by atoms with Crippen LogP contribution in [-0.2, 0) is 13.0 Å². The van der Waals surface area contributed by atoms with Crippen LogP contribution in [0.4, 0.5) is 5.69 Å². The lowest BCUT2D eigenvalue weighted by atomic mass is 10.1. The number of anilines is 1. The van der Waals surface area contributed by atoms with Crippen LogP contribution in [0, 0.1) is 0 Å². The summed E-state index contributed by atoms with van der Waals surface area (Å²) in [7, 11) is 0. The van der Waals surface area contributed by atoms with Gasteiger partial charge in [0, 0.05) is 31.0 Å². The molecule has 1 aliphatic rings. The van der Waals surface area contributed by atoms with E-state index in [4.69, 9.17) is 0 Å². The Bertz CT molecular complexity index is 792. The van der Waals surface area contributed by atoms with Gasteiger partial charge in [-0.05, 0) is 56.1 Å². The molecule has 5 nitrogen and oxygen atoms in total. The van der Waals surface area contributed by atoms with Crippen LogP contribution in [0.2, 0.25) is 0 Å². The molecule has 0 saturated carbocycles. The van der Waals surface area contributed by atoms with Gasteiger partial charge in [-0.1, -0.05) is 19.1 Å². The number of hydrogen-bond acceptors (Lipinski definition) is 3. The van der Waals surface area contributed by atoms with Crippen molar-refractivity contribution in [1.82, 2.24) is 9.47 Å². The minimum atomic E-state index is -0.192. The molecule has 1 aliphatic heterocycles. The lowest BCUT2D eigenvalue weighted by Crippen LogP contribution is -2.29. The minimum absolute atomic E-state index is 0.0660. The number of nitrogens with one attached hydrogen (secondary N) is 1. The van der Waals surface area contributed by atoms with E-state index in [9.17, 15) is 9.59 Å². The number of hydrogen-bond donors (Lipinski definition) is 1. The van der Waals surface area contributed by atoms with Gasteiger partial charge < -0.3 is 14.8 Å². The van der Waals surface area contributed by atoms with Gasteiger partial charge in [0.05, 0.1) is 5.56 Å². The van der Waals surface area contributed by atoms with Crippen molar-refractivity contribution < 1.29 is 4.79 Å². The van der Waals surface area contributed by atoms with Gasteiger partial charge in [-0.2, -0.15) is 0 Å². The molecule has 5 heteroatoms. The Kier molecular flexibility index (Phi) is 5.66. The van der Waals surface area contributed by atoms with Gasteiger partial charge in [0.15, 0.2) is 0 Å². The summed E-state index contributed by atoms with van der Waals surface area (Å²) in [5.74, 6) is -0.192. The lowest BCUT2D eigenvalue weighted by Gasteiger charge is -2.15. The smallest absolute Gasteiger partial charge is 0.257 e. The van der Waals surface area contributed by atoms with Crippen molar-refractivity contribution in [2.45, 2.75) is 32.7 Å². The first-order chi connectivity index (χ1) is 12.2. The highest BCUT2D eigenvalue weighted by Gasteiger charge is 2.12. The molecule has 2 aromatic rings. The predicted octanol–water partition coefficient (Wildman–Crippen LogP) is 2.76. The van der Waals surface area contributed by atoms with Crippen LogP contribution in [-0.4, -0.2) is 35.0 Å². The first-order valence-electron chi connectivity index (χ1n) is 8.99. The number of aryl methyl sites for hydroxylation is 1. The van der Waals surface area contributed by atoms with Crippen LogP contribution < -0.4 is 10.9 Å². The average molecular weight is 339 g/mol. The Labute approximate surface area is 148 Å². The number of likely N-dealkylation sites (tertiary alicyclic amines) is 1. The summed E-state index contributed by atoms with van der Waals surface area (Å²) in [5, 5.41) is 2.91. The van der Waals surface area contributed by atoms with Gasteiger partial charge in [0.2, 0.25) is 0 Å². The number of carbonyl (C=O) groups is 1. The quantitative estimate of drug-likeness (QED) is 0.880. The number of carbonyl (C=O) groups excluding carboxylic acids is 1. The molecule has 1 aromatic heterocycles. The average Bonchev–Trinajstić information content (AvgIpc) is 3.14. The van der Waals surface area contributed by atoms with Crippen molar-refractivity contribution in [2.75, 3.05) is 25.0 Å². The third-order valence-electron chi connectivity index (χ3n) is 4.69. The molecule has 1 aromatic carbocycles. The molecule has 0 atom stereocenters. The highest BCUT2D eigenvalue weighted by molar-refractivity contribution is 6.04. The van der Waals surface area contributed by atoms with Gasteiger partial charge in [0.1, 0.15) is 0 Å². The normalized spacial score (nSPS) is 14.6. The van der Waals surface area contributed by atoms with Crippen LogP contribution >= 0.6 is 0 Å². The first-order valence-corrected chi connectivity index (χ1v) is 8.99. The molecular formula is C20H25N3O2. The molecular weight excluding hydrogens is 314 g/mol. The molecule has 3 rings (SSSR count). The summed E-state index contributed by atoms with van der Waals surface area (Å²) in [4.78, 5) is 26.9. The molecule has 1 fully saturated rings. The summed E-state index contributed by atoms with van der Waals surface area (Å²) < 4.78 is 1.63. The molecule has 132 valence electrons. The Morgan fingerprint density at radius 1 is 1.12 bits per heavy atom. The predicted molar refractivity (Wildman–Crippen MR) is 100 cm³/mol. The van der Waals surface area contributed by atoms with Gasteiger partial charge in [0.25, 0.3) is 11.5 Å². The van der Waals surface area contributed by atoms with Gasteiger partial charge >= 0.3 is 0 Å². The zero-order chi connectivity index (χ0) is 17.6. The Hall–Kier alpha value is -2.40. The molecule has 2 heterocycles. The van der Waals surface area contributed by atoms with Crippen LogP contribution in [0.25, 0.3) is 0 Å². The van der Waals surface area contributed by atoms with E-state index in [0.29, 0.717) is 12.1 Å².